The summed E-state index contributed by atoms with van der Waals surface area (Å²) in [5, 5.41) is 3.17. The Kier molecular flexibility index (Phi) is 2.69. The van der Waals surface area contributed by atoms with Crippen molar-refractivity contribution < 1.29 is 4.79 Å². The molecule has 4 nitrogen and oxygen atoms in total. The molecule has 0 bridgehead atoms. The summed E-state index contributed by atoms with van der Waals surface area (Å²) in [6.07, 6.45) is 0.862. The van der Waals surface area contributed by atoms with Gasteiger partial charge in [0.15, 0.2) is 0 Å². The number of nitrogens with two attached hydrogens (primary N) is 1. The fourth-order valence-electron chi connectivity index (χ4n) is 1.77. The van der Waals surface area contributed by atoms with Gasteiger partial charge in [-0.25, -0.2) is 0 Å². The average molecular weight is 171 g/mol. The first-order chi connectivity index (χ1) is 5.57. The highest BCUT2D eigenvalue weighted by atomic mass is 16.1. The number of hydrogen-bond donors (Lipinski definition) is 2. The summed E-state index contributed by atoms with van der Waals surface area (Å²) in [4.78, 5) is 13.2. The minimum absolute atomic E-state index is 0.179. The van der Waals surface area contributed by atoms with Gasteiger partial charge < -0.3 is 16.0 Å². The van der Waals surface area contributed by atoms with Crippen LogP contribution in [0.25, 0.3) is 0 Å². The van der Waals surface area contributed by atoms with Crippen LogP contribution in [0, 0.1) is 5.41 Å². The van der Waals surface area contributed by atoms with E-state index in [1.165, 1.54) is 0 Å². The molecule has 70 valence electrons. The summed E-state index contributed by atoms with van der Waals surface area (Å²) in [5.74, 6) is -0.179. The van der Waals surface area contributed by atoms with Crippen LogP contribution in [0.1, 0.15) is 6.42 Å². The molecular weight excluding hydrogens is 154 g/mol. The highest BCUT2D eigenvalue weighted by Gasteiger charge is 2.39. The van der Waals surface area contributed by atoms with Crippen molar-refractivity contribution in [2.75, 3.05) is 33.7 Å². The molecule has 0 radical (unpaired) electrons. The summed E-state index contributed by atoms with van der Waals surface area (Å²) in [7, 11) is 3.92. The lowest BCUT2D eigenvalue weighted by Crippen LogP contribution is -2.46. The van der Waals surface area contributed by atoms with E-state index >= 15 is 0 Å². The summed E-state index contributed by atoms with van der Waals surface area (Å²) < 4.78 is 0. The van der Waals surface area contributed by atoms with Crippen LogP contribution in [0.4, 0.5) is 0 Å². The van der Waals surface area contributed by atoms with E-state index in [-0.39, 0.29) is 11.3 Å². The van der Waals surface area contributed by atoms with Gasteiger partial charge in [0.1, 0.15) is 0 Å². The molecule has 1 rings (SSSR count). The number of nitrogens with zero attached hydrogens (tertiary/aromatic N) is 1. The molecule has 0 saturated carbocycles. The third-order valence-corrected chi connectivity index (χ3v) is 2.39. The molecule has 0 spiro atoms. The van der Waals surface area contributed by atoms with Crippen molar-refractivity contribution in [2.45, 2.75) is 6.42 Å². The Labute approximate surface area is 73.1 Å². The van der Waals surface area contributed by atoms with Crippen LogP contribution >= 0.6 is 0 Å². The number of rotatable bonds is 3. The maximum Gasteiger partial charge on any atom is 0.226 e. The molecule has 0 aliphatic carbocycles. The molecule has 1 heterocycles. The SMILES string of the molecule is CN(C)CC1(C(N)=O)CCNC1. The van der Waals surface area contributed by atoms with Crippen molar-refractivity contribution >= 4 is 5.91 Å². The first-order valence-corrected chi connectivity index (χ1v) is 4.22. The zero-order valence-corrected chi connectivity index (χ0v) is 7.76. The summed E-state index contributed by atoms with van der Waals surface area (Å²) >= 11 is 0. The molecule has 0 aromatic heterocycles. The molecule has 1 atom stereocenters. The second-order valence-electron chi connectivity index (χ2n) is 3.81. The van der Waals surface area contributed by atoms with E-state index in [0.29, 0.717) is 0 Å². The minimum Gasteiger partial charge on any atom is -0.369 e. The van der Waals surface area contributed by atoms with Crippen LogP contribution in [-0.2, 0) is 4.79 Å². The maximum absolute atomic E-state index is 11.2. The standard InChI is InChI=1S/C8H17N3O/c1-11(2)6-8(7(9)12)3-4-10-5-8/h10H,3-6H2,1-2H3,(H2,9,12). The molecule has 12 heavy (non-hydrogen) atoms. The van der Waals surface area contributed by atoms with E-state index in [4.69, 9.17) is 5.73 Å². The molecule has 1 fully saturated rings. The van der Waals surface area contributed by atoms with Crippen molar-refractivity contribution in [1.82, 2.24) is 10.2 Å². The number of amides is 1. The molecule has 0 aromatic rings. The lowest BCUT2D eigenvalue weighted by atomic mass is 9.86. The predicted molar refractivity (Wildman–Crippen MR) is 47.7 cm³/mol. The van der Waals surface area contributed by atoms with Gasteiger partial charge in [0.2, 0.25) is 5.91 Å². The second-order valence-corrected chi connectivity index (χ2v) is 3.81. The molecule has 3 N–H and O–H groups in total. The van der Waals surface area contributed by atoms with Crippen LogP contribution in [0.3, 0.4) is 0 Å². The van der Waals surface area contributed by atoms with Crippen molar-refractivity contribution in [2.24, 2.45) is 11.1 Å². The van der Waals surface area contributed by atoms with E-state index in [9.17, 15) is 4.79 Å². The van der Waals surface area contributed by atoms with Gasteiger partial charge in [0, 0.05) is 13.1 Å². The van der Waals surface area contributed by atoms with Crippen LogP contribution in [0.5, 0.6) is 0 Å². The van der Waals surface area contributed by atoms with Crippen molar-refractivity contribution in [3.8, 4) is 0 Å². The topological polar surface area (TPSA) is 58.4 Å². The Morgan fingerprint density at radius 1 is 1.67 bits per heavy atom. The minimum atomic E-state index is -0.330. The Morgan fingerprint density at radius 3 is 2.67 bits per heavy atom. The molecule has 1 aliphatic heterocycles. The molecular formula is C8H17N3O. The number of carbonyl (C=O) groups is 1. The van der Waals surface area contributed by atoms with E-state index in [0.717, 1.165) is 26.1 Å². The molecule has 1 amide bonds. The Morgan fingerprint density at radius 2 is 2.33 bits per heavy atom. The van der Waals surface area contributed by atoms with E-state index in [2.05, 4.69) is 5.32 Å². The van der Waals surface area contributed by atoms with Crippen LogP contribution in [0.15, 0.2) is 0 Å². The first-order valence-electron chi connectivity index (χ1n) is 4.22. The molecule has 1 saturated heterocycles. The summed E-state index contributed by atoms with van der Waals surface area (Å²) in [5.41, 5.74) is 5.05. The van der Waals surface area contributed by atoms with Crippen molar-refractivity contribution in [3.63, 3.8) is 0 Å². The van der Waals surface area contributed by atoms with Crippen LogP contribution in [-0.4, -0.2) is 44.5 Å². The molecule has 0 aromatic carbocycles. The Balaban J connectivity index is 2.65. The maximum atomic E-state index is 11.2. The monoisotopic (exact) mass is 171 g/mol. The Bertz CT molecular complexity index is 173. The summed E-state index contributed by atoms with van der Waals surface area (Å²) in [6, 6.07) is 0. The van der Waals surface area contributed by atoms with Gasteiger partial charge in [-0.05, 0) is 27.1 Å². The number of nitrogens with one attached hydrogen (secondary N) is 1. The lowest BCUT2D eigenvalue weighted by Gasteiger charge is -2.27. The summed E-state index contributed by atoms with van der Waals surface area (Å²) in [6.45, 7) is 2.37. The van der Waals surface area contributed by atoms with Gasteiger partial charge >= 0.3 is 0 Å². The third-order valence-electron chi connectivity index (χ3n) is 2.39. The normalized spacial score (nSPS) is 29.6. The van der Waals surface area contributed by atoms with E-state index in [1.54, 1.807) is 0 Å². The number of hydrogen-bond acceptors (Lipinski definition) is 3. The lowest BCUT2D eigenvalue weighted by molar-refractivity contribution is -0.127. The fourth-order valence-corrected chi connectivity index (χ4v) is 1.77. The van der Waals surface area contributed by atoms with Crippen LogP contribution in [0.2, 0.25) is 0 Å². The number of primary amides is 1. The molecule has 1 aliphatic rings. The van der Waals surface area contributed by atoms with Gasteiger partial charge in [0.05, 0.1) is 5.41 Å². The van der Waals surface area contributed by atoms with Crippen LogP contribution < -0.4 is 11.1 Å². The van der Waals surface area contributed by atoms with Gasteiger partial charge in [-0.15, -0.1) is 0 Å². The zero-order valence-electron chi connectivity index (χ0n) is 7.76. The van der Waals surface area contributed by atoms with Gasteiger partial charge in [-0.2, -0.15) is 0 Å². The molecule has 1 unspecified atom stereocenters. The first kappa shape index (κ1) is 9.48. The van der Waals surface area contributed by atoms with Gasteiger partial charge in [-0.3, -0.25) is 4.79 Å². The highest BCUT2D eigenvalue weighted by Crippen LogP contribution is 2.25. The number of carbonyl (C=O) groups excluding carboxylic acids is 1. The average Bonchev–Trinajstić information content (AvgIpc) is 2.35. The van der Waals surface area contributed by atoms with E-state index < -0.39 is 0 Å². The quantitative estimate of drug-likeness (QED) is 0.573. The Hall–Kier alpha value is -0.610. The predicted octanol–water partition coefficient (Wildman–Crippen LogP) is -0.987. The molecule has 4 heteroatoms. The van der Waals surface area contributed by atoms with Gasteiger partial charge in [-0.1, -0.05) is 0 Å². The van der Waals surface area contributed by atoms with Crippen molar-refractivity contribution in [1.29, 1.82) is 0 Å². The fraction of sp³-hybridized carbons (Fsp3) is 0.875. The zero-order chi connectivity index (χ0) is 9.19. The smallest absolute Gasteiger partial charge is 0.226 e. The van der Waals surface area contributed by atoms with E-state index in [1.807, 2.05) is 19.0 Å². The second kappa shape index (κ2) is 3.41. The van der Waals surface area contributed by atoms with Crippen molar-refractivity contribution in [3.05, 3.63) is 0 Å². The highest BCUT2D eigenvalue weighted by molar-refractivity contribution is 5.81. The third kappa shape index (κ3) is 1.76. The van der Waals surface area contributed by atoms with Gasteiger partial charge in [0.25, 0.3) is 0 Å². The largest absolute Gasteiger partial charge is 0.369 e.